The molecule has 1 heterocycles. The van der Waals surface area contributed by atoms with E-state index in [-0.39, 0.29) is 13.1 Å². The van der Waals surface area contributed by atoms with E-state index in [1.807, 2.05) is 20.8 Å². The molecule has 0 fully saturated rings. The lowest BCUT2D eigenvalue weighted by Crippen LogP contribution is -2.04. The Bertz CT molecular complexity index is 1060. The number of benzene rings is 2. The zero-order chi connectivity index (χ0) is 19.9. The molecule has 0 unspecified atom stereocenters. The molecule has 2 aromatic carbocycles. The Labute approximate surface area is 163 Å². The summed E-state index contributed by atoms with van der Waals surface area (Å²) in [7, 11) is 0. The van der Waals surface area contributed by atoms with Crippen molar-refractivity contribution in [2.24, 2.45) is 5.73 Å². The molecule has 0 aliphatic rings. The van der Waals surface area contributed by atoms with Crippen molar-refractivity contribution in [2.75, 3.05) is 6.54 Å². The molecule has 0 spiro atoms. The van der Waals surface area contributed by atoms with E-state index in [1.54, 1.807) is 10.6 Å². The fourth-order valence-electron chi connectivity index (χ4n) is 3.72. The highest BCUT2D eigenvalue weighted by atomic mass is 35.5. The van der Waals surface area contributed by atoms with Crippen LogP contribution in [0, 0.1) is 33.5 Å². The van der Waals surface area contributed by atoms with E-state index < -0.39 is 11.6 Å². The third kappa shape index (κ3) is 3.40. The first-order valence-corrected chi connectivity index (χ1v) is 9.23. The number of rotatable bonds is 4. The number of nitrogens with zero attached hydrogens (tertiary/aromatic N) is 1. The molecule has 0 aliphatic carbocycles. The van der Waals surface area contributed by atoms with Gasteiger partial charge in [0.2, 0.25) is 0 Å². The first-order valence-electron chi connectivity index (χ1n) is 8.85. The van der Waals surface area contributed by atoms with Crippen molar-refractivity contribution >= 4 is 22.5 Å². The molecule has 0 amide bonds. The molecule has 0 radical (unpaired) electrons. The summed E-state index contributed by atoms with van der Waals surface area (Å²) in [5.74, 6) is -0.855. The van der Waals surface area contributed by atoms with Gasteiger partial charge in [0.05, 0.1) is 12.1 Å². The average molecular weight is 389 g/mol. The van der Waals surface area contributed by atoms with E-state index >= 15 is 0 Å². The second kappa shape index (κ2) is 7.45. The van der Waals surface area contributed by atoms with Gasteiger partial charge in [-0.05, 0) is 68.2 Å². The summed E-state index contributed by atoms with van der Waals surface area (Å²) in [6, 6.07) is 7.14. The molecule has 5 heteroatoms. The van der Waals surface area contributed by atoms with Crippen LogP contribution in [0.2, 0.25) is 5.02 Å². The lowest BCUT2D eigenvalue weighted by Gasteiger charge is -2.14. The van der Waals surface area contributed by atoms with Crippen molar-refractivity contribution in [1.82, 2.24) is 4.57 Å². The van der Waals surface area contributed by atoms with Crippen molar-refractivity contribution in [3.8, 4) is 11.1 Å². The van der Waals surface area contributed by atoms with E-state index in [1.165, 1.54) is 12.1 Å². The van der Waals surface area contributed by atoms with Gasteiger partial charge in [0, 0.05) is 28.2 Å². The lowest BCUT2D eigenvalue weighted by atomic mass is 9.91. The van der Waals surface area contributed by atoms with Crippen LogP contribution in [0.25, 0.3) is 22.0 Å². The molecule has 0 saturated heterocycles. The molecular weight excluding hydrogens is 366 g/mol. The number of halogens is 3. The van der Waals surface area contributed by atoms with Gasteiger partial charge in [0.1, 0.15) is 11.6 Å². The molecule has 0 atom stereocenters. The minimum absolute atomic E-state index is 0.0675. The number of allylic oxidation sites excluding steroid dienone is 1. The summed E-state index contributed by atoms with van der Waals surface area (Å²) in [6.45, 7) is 8.04. The Morgan fingerprint density at radius 1 is 1.11 bits per heavy atom. The highest BCUT2D eigenvalue weighted by molar-refractivity contribution is 6.31. The van der Waals surface area contributed by atoms with Crippen LogP contribution < -0.4 is 5.73 Å². The molecular formula is C22H23ClF2N2. The summed E-state index contributed by atoms with van der Waals surface area (Å²) >= 11 is 6.16. The predicted molar refractivity (Wildman–Crippen MR) is 110 cm³/mol. The Morgan fingerprint density at radius 3 is 2.44 bits per heavy atom. The second-order valence-corrected chi connectivity index (χ2v) is 7.35. The van der Waals surface area contributed by atoms with Crippen LogP contribution in [0.4, 0.5) is 8.78 Å². The molecule has 2 N–H and O–H groups in total. The zero-order valence-corrected chi connectivity index (χ0v) is 16.7. The number of hydrogen-bond donors (Lipinski definition) is 1. The maximum Gasteiger partial charge on any atom is 0.148 e. The zero-order valence-electron chi connectivity index (χ0n) is 16.0. The lowest BCUT2D eigenvalue weighted by molar-refractivity contribution is 0.549. The SMILES string of the molecule is Cc1ccc(C)c(-c2c(C)n(CC(F)=CCN)c3c(F)cc(Cl)cc23)c1C. The van der Waals surface area contributed by atoms with E-state index in [9.17, 15) is 8.78 Å². The van der Waals surface area contributed by atoms with E-state index in [2.05, 4.69) is 19.1 Å². The molecule has 142 valence electrons. The smallest absolute Gasteiger partial charge is 0.148 e. The number of fused-ring (bicyclic) bond motifs is 1. The standard InChI is InChI=1S/C22H23ClF2N2/c1-12-5-6-13(2)20(14(12)3)21-15(4)27(11-17(24)7-8-26)22-18(21)9-16(23)10-19(22)25/h5-7,9-10H,8,11,26H2,1-4H3. The summed E-state index contributed by atoms with van der Waals surface area (Å²) in [5, 5.41) is 1.01. The first kappa shape index (κ1) is 19.6. The Balaban J connectivity index is 2.43. The average Bonchev–Trinajstić information content (AvgIpc) is 2.85. The van der Waals surface area contributed by atoms with Crippen LogP contribution in [0.5, 0.6) is 0 Å². The van der Waals surface area contributed by atoms with Crippen LogP contribution >= 0.6 is 11.6 Å². The van der Waals surface area contributed by atoms with Crippen LogP contribution in [0.3, 0.4) is 0 Å². The minimum Gasteiger partial charge on any atom is -0.335 e. The number of hydrogen-bond acceptors (Lipinski definition) is 1. The topological polar surface area (TPSA) is 30.9 Å². The second-order valence-electron chi connectivity index (χ2n) is 6.92. The van der Waals surface area contributed by atoms with Crippen LogP contribution in [0.15, 0.2) is 36.2 Å². The van der Waals surface area contributed by atoms with Gasteiger partial charge in [-0.1, -0.05) is 23.7 Å². The quantitative estimate of drug-likeness (QED) is 0.571. The van der Waals surface area contributed by atoms with E-state index in [4.69, 9.17) is 17.3 Å². The Hall–Kier alpha value is -2.17. The third-order valence-corrected chi connectivity index (χ3v) is 5.40. The number of nitrogens with two attached hydrogens (primary N) is 1. The van der Waals surface area contributed by atoms with Gasteiger partial charge in [0.15, 0.2) is 0 Å². The summed E-state index contributed by atoms with van der Waals surface area (Å²) in [6.07, 6.45) is 1.31. The number of aromatic nitrogens is 1. The fraction of sp³-hybridized carbons (Fsp3) is 0.273. The van der Waals surface area contributed by atoms with Gasteiger partial charge in [-0.25, -0.2) is 8.78 Å². The Kier molecular flexibility index (Phi) is 5.41. The minimum atomic E-state index is -0.463. The van der Waals surface area contributed by atoms with Crippen LogP contribution in [-0.2, 0) is 6.54 Å². The normalized spacial score (nSPS) is 12.2. The fourth-order valence-corrected chi connectivity index (χ4v) is 3.93. The molecule has 3 aromatic rings. The molecule has 0 bridgehead atoms. The van der Waals surface area contributed by atoms with Crippen molar-refractivity contribution in [1.29, 1.82) is 0 Å². The van der Waals surface area contributed by atoms with E-state index in [0.717, 1.165) is 33.5 Å². The summed E-state index contributed by atoms with van der Waals surface area (Å²) < 4.78 is 30.8. The van der Waals surface area contributed by atoms with E-state index in [0.29, 0.717) is 15.9 Å². The first-order chi connectivity index (χ1) is 12.8. The van der Waals surface area contributed by atoms with Crippen molar-refractivity contribution in [3.63, 3.8) is 0 Å². The maximum atomic E-state index is 14.9. The van der Waals surface area contributed by atoms with Gasteiger partial charge >= 0.3 is 0 Å². The van der Waals surface area contributed by atoms with Gasteiger partial charge in [-0.2, -0.15) is 0 Å². The largest absolute Gasteiger partial charge is 0.335 e. The van der Waals surface area contributed by atoms with Crippen LogP contribution in [0.1, 0.15) is 22.4 Å². The molecule has 0 saturated carbocycles. The van der Waals surface area contributed by atoms with Crippen molar-refractivity contribution < 1.29 is 8.78 Å². The summed E-state index contributed by atoms with van der Waals surface area (Å²) in [5.41, 5.74) is 11.9. The molecule has 0 aliphatic heterocycles. The predicted octanol–water partition coefficient (Wildman–Crippen LogP) is 6.15. The van der Waals surface area contributed by atoms with Crippen LogP contribution in [-0.4, -0.2) is 11.1 Å². The van der Waals surface area contributed by atoms with Gasteiger partial charge in [0.25, 0.3) is 0 Å². The van der Waals surface area contributed by atoms with Gasteiger partial charge in [-0.3, -0.25) is 0 Å². The maximum absolute atomic E-state index is 14.9. The third-order valence-electron chi connectivity index (χ3n) is 5.18. The highest BCUT2D eigenvalue weighted by Gasteiger charge is 2.22. The Morgan fingerprint density at radius 2 is 1.78 bits per heavy atom. The monoisotopic (exact) mass is 388 g/mol. The molecule has 3 rings (SSSR count). The van der Waals surface area contributed by atoms with Crippen molar-refractivity contribution in [2.45, 2.75) is 34.2 Å². The van der Waals surface area contributed by atoms with Crippen molar-refractivity contribution in [3.05, 3.63) is 69.4 Å². The highest BCUT2D eigenvalue weighted by Crippen LogP contribution is 2.41. The van der Waals surface area contributed by atoms with Gasteiger partial charge < -0.3 is 10.3 Å². The molecule has 27 heavy (non-hydrogen) atoms. The molecule has 1 aromatic heterocycles. The summed E-state index contributed by atoms with van der Waals surface area (Å²) in [4.78, 5) is 0. The van der Waals surface area contributed by atoms with Gasteiger partial charge in [-0.15, -0.1) is 0 Å². The molecule has 2 nitrogen and oxygen atoms in total. The number of aryl methyl sites for hydroxylation is 2.